The Balaban J connectivity index is 1.35. The maximum atomic E-state index is 12.7. The third-order valence-corrected chi connectivity index (χ3v) is 5.35. The second kappa shape index (κ2) is 7.91. The van der Waals surface area contributed by atoms with Gasteiger partial charge in [0.15, 0.2) is 5.78 Å². The van der Waals surface area contributed by atoms with Crippen molar-refractivity contribution in [3.8, 4) is 0 Å². The Labute approximate surface area is 168 Å². The zero-order valence-corrected chi connectivity index (χ0v) is 16.3. The van der Waals surface area contributed by atoms with Gasteiger partial charge in [0.1, 0.15) is 0 Å². The van der Waals surface area contributed by atoms with Gasteiger partial charge < -0.3 is 15.2 Å². The predicted molar refractivity (Wildman–Crippen MR) is 112 cm³/mol. The zero-order chi connectivity index (χ0) is 20.4. The fourth-order valence-corrected chi connectivity index (χ4v) is 3.80. The van der Waals surface area contributed by atoms with Crippen LogP contribution in [0.4, 0.5) is 5.69 Å². The van der Waals surface area contributed by atoms with E-state index in [4.69, 9.17) is 0 Å². The normalized spacial score (nSPS) is 13.2. The summed E-state index contributed by atoms with van der Waals surface area (Å²) >= 11 is 0. The van der Waals surface area contributed by atoms with Crippen LogP contribution in [0.5, 0.6) is 0 Å². The number of hydrogen-bond donors (Lipinski definition) is 2. The monoisotopic (exact) mass is 389 g/mol. The van der Waals surface area contributed by atoms with Crippen molar-refractivity contribution in [2.24, 2.45) is 0 Å². The van der Waals surface area contributed by atoms with E-state index in [1.807, 2.05) is 23.1 Å². The maximum Gasteiger partial charge on any atom is 0.224 e. The van der Waals surface area contributed by atoms with Crippen molar-refractivity contribution in [3.63, 3.8) is 0 Å². The average Bonchev–Trinajstić information content (AvgIpc) is 3.10. The van der Waals surface area contributed by atoms with Crippen molar-refractivity contribution >= 4 is 34.2 Å². The minimum absolute atomic E-state index is 0.0198. The number of benzene rings is 2. The van der Waals surface area contributed by atoms with Gasteiger partial charge in [0.05, 0.1) is 0 Å². The quantitative estimate of drug-likeness (QED) is 0.653. The molecule has 0 fully saturated rings. The van der Waals surface area contributed by atoms with E-state index in [0.717, 1.165) is 17.3 Å². The van der Waals surface area contributed by atoms with Crippen LogP contribution in [0.2, 0.25) is 0 Å². The van der Waals surface area contributed by atoms with E-state index in [2.05, 4.69) is 16.4 Å². The van der Waals surface area contributed by atoms with E-state index >= 15 is 0 Å². The van der Waals surface area contributed by atoms with E-state index in [1.165, 1.54) is 18.2 Å². The van der Waals surface area contributed by atoms with Crippen LogP contribution in [0.1, 0.15) is 41.4 Å². The summed E-state index contributed by atoms with van der Waals surface area (Å²) in [4.78, 5) is 41.6. The van der Waals surface area contributed by atoms with Crippen LogP contribution in [-0.4, -0.2) is 34.0 Å². The van der Waals surface area contributed by atoms with E-state index < -0.39 is 0 Å². The van der Waals surface area contributed by atoms with Crippen molar-refractivity contribution in [1.29, 1.82) is 0 Å². The molecule has 4 rings (SSSR count). The molecule has 148 valence electrons. The Morgan fingerprint density at radius 1 is 1.07 bits per heavy atom. The molecule has 0 bridgehead atoms. The fraction of sp³-hybridized carbons (Fsp3) is 0.261. The molecule has 2 aromatic carbocycles. The Hall–Kier alpha value is -3.41. The molecule has 0 spiro atoms. The highest BCUT2D eigenvalue weighted by atomic mass is 16.2. The molecule has 2 N–H and O–H groups in total. The number of nitrogens with zero attached hydrogens (tertiary/aromatic N) is 1. The summed E-state index contributed by atoms with van der Waals surface area (Å²) in [5.41, 5.74) is 4.57. The van der Waals surface area contributed by atoms with Gasteiger partial charge in [0.2, 0.25) is 11.8 Å². The number of aromatic nitrogens is 1. The van der Waals surface area contributed by atoms with Crippen LogP contribution in [0.15, 0.2) is 48.5 Å². The Bertz CT molecular complexity index is 1100. The molecule has 1 aliphatic heterocycles. The third kappa shape index (κ3) is 4.06. The maximum absolute atomic E-state index is 12.7. The summed E-state index contributed by atoms with van der Waals surface area (Å²) < 4.78 is 0. The highest BCUT2D eigenvalue weighted by Crippen LogP contribution is 2.27. The first-order valence-corrected chi connectivity index (χ1v) is 9.78. The standard InChI is InChI=1S/C23H23N3O3/c1-15(27)16-5-4-6-17(13-16)24-22(28)9-10-23(29)26-12-11-21-19(14-26)18-7-2-3-8-20(18)25-21/h2-8,13,25H,9-12,14H2,1H3,(H,24,28). The van der Waals surface area contributed by atoms with Crippen LogP contribution in [0.3, 0.4) is 0 Å². The summed E-state index contributed by atoms with van der Waals surface area (Å²) in [6.45, 7) is 2.71. The molecule has 6 heteroatoms. The molecule has 0 unspecified atom stereocenters. The number of aromatic amines is 1. The highest BCUT2D eigenvalue weighted by Gasteiger charge is 2.24. The number of anilines is 1. The average molecular weight is 389 g/mol. The van der Waals surface area contributed by atoms with Crippen molar-refractivity contribution in [1.82, 2.24) is 9.88 Å². The van der Waals surface area contributed by atoms with Crippen molar-refractivity contribution < 1.29 is 14.4 Å². The summed E-state index contributed by atoms with van der Waals surface area (Å²) in [7, 11) is 0. The van der Waals surface area contributed by atoms with Crippen LogP contribution < -0.4 is 5.32 Å². The van der Waals surface area contributed by atoms with Gasteiger partial charge in [-0.1, -0.05) is 30.3 Å². The third-order valence-electron chi connectivity index (χ3n) is 5.35. The van der Waals surface area contributed by atoms with Crippen molar-refractivity contribution in [2.75, 3.05) is 11.9 Å². The molecule has 6 nitrogen and oxygen atoms in total. The molecule has 0 radical (unpaired) electrons. The molecule has 0 aliphatic carbocycles. The van der Waals surface area contributed by atoms with Crippen LogP contribution in [0, 0.1) is 0 Å². The van der Waals surface area contributed by atoms with Gasteiger partial charge in [0, 0.05) is 65.8 Å². The van der Waals surface area contributed by atoms with Gasteiger partial charge >= 0.3 is 0 Å². The summed E-state index contributed by atoms with van der Waals surface area (Å²) in [5, 5.41) is 3.92. The first kappa shape index (κ1) is 18.9. The van der Waals surface area contributed by atoms with Crippen LogP contribution in [-0.2, 0) is 22.6 Å². The van der Waals surface area contributed by atoms with Gasteiger partial charge in [0.25, 0.3) is 0 Å². The molecule has 1 aliphatic rings. The topological polar surface area (TPSA) is 82.3 Å². The van der Waals surface area contributed by atoms with Gasteiger partial charge in [-0.25, -0.2) is 0 Å². The fourth-order valence-electron chi connectivity index (χ4n) is 3.80. The number of para-hydroxylation sites is 1. The number of carbonyl (C=O) groups excluding carboxylic acids is 3. The zero-order valence-electron chi connectivity index (χ0n) is 16.3. The van der Waals surface area contributed by atoms with Crippen molar-refractivity contribution in [2.45, 2.75) is 32.7 Å². The number of amides is 2. The summed E-state index contributed by atoms with van der Waals surface area (Å²) in [5.74, 6) is -0.310. The van der Waals surface area contributed by atoms with E-state index in [-0.39, 0.29) is 30.4 Å². The van der Waals surface area contributed by atoms with Crippen LogP contribution in [0.25, 0.3) is 10.9 Å². The number of H-pyrrole nitrogens is 1. The molecule has 2 heterocycles. The summed E-state index contributed by atoms with van der Waals surface area (Å²) in [6, 6.07) is 14.9. The Morgan fingerprint density at radius 2 is 1.90 bits per heavy atom. The number of hydrogen-bond acceptors (Lipinski definition) is 3. The first-order chi connectivity index (χ1) is 14.0. The van der Waals surface area contributed by atoms with Gasteiger partial charge in [-0.15, -0.1) is 0 Å². The molecule has 1 aromatic heterocycles. The minimum Gasteiger partial charge on any atom is -0.358 e. The van der Waals surface area contributed by atoms with Crippen molar-refractivity contribution in [3.05, 3.63) is 65.4 Å². The molecule has 3 aromatic rings. The Morgan fingerprint density at radius 3 is 2.72 bits per heavy atom. The molecule has 0 saturated carbocycles. The van der Waals surface area contributed by atoms with Gasteiger partial charge in [-0.2, -0.15) is 0 Å². The van der Waals surface area contributed by atoms with Crippen LogP contribution >= 0.6 is 0 Å². The number of Topliss-reactive ketones (excluding diaryl/α,β-unsaturated/α-hetero) is 1. The van der Waals surface area contributed by atoms with E-state index in [0.29, 0.717) is 24.3 Å². The lowest BCUT2D eigenvalue weighted by atomic mass is 10.0. The molecule has 0 atom stereocenters. The van der Waals surface area contributed by atoms with E-state index in [1.54, 1.807) is 24.3 Å². The molecule has 29 heavy (non-hydrogen) atoms. The lowest BCUT2D eigenvalue weighted by Crippen LogP contribution is -2.36. The van der Waals surface area contributed by atoms with E-state index in [9.17, 15) is 14.4 Å². The smallest absolute Gasteiger partial charge is 0.224 e. The lowest BCUT2D eigenvalue weighted by Gasteiger charge is -2.27. The molecular formula is C23H23N3O3. The lowest BCUT2D eigenvalue weighted by molar-refractivity contribution is -0.133. The predicted octanol–water partition coefficient (Wildman–Crippen LogP) is 3.67. The number of nitrogens with one attached hydrogen (secondary N) is 2. The second-order valence-electron chi connectivity index (χ2n) is 7.38. The molecular weight excluding hydrogens is 366 g/mol. The largest absolute Gasteiger partial charge is 0.358 e. The SMILES string of the molecule is CC(=O)c1cccc(NC(=O)CCC(=O)N2CCc3[nH]c4ccccc4c3C2)c1. The number of fused-ring (bicyclic) bond motifs is 3. The minimum atomic E-state index is -0.233. The molecule has 0 saturated heterocycles. The molecule has 2 amide bonds. The second-order valence-corrected chi connectivity index (χ2v) is 7.38. The van der Waals surface area contributed by atoms with Gasteiger partial charge in [-0.05, 0) is 25.1 Å². The number of carbonyl (C=O) groups is 3. The number of rotatable bonds is 5. The van der Waals surface area contributed by atoms with Gasteiger partial charge in [-0.3, -0.25) is 14.4 Å². The first-order valence-electron chi connectivity index (χ1n) is 9.78. The highest BCUT2D eigenvalue weighted by molar-refractivity contribution is 5.97. The summed E-state index contributed by atoms with van der Waals surface area (Å²) in [6.07, 6.45) is 1.07. The number of ketones is 1. The Kier molecular flexibility index (Phi) is 5.16.